The molecule has 0 heterocycles. The average molecular weight is 220 g/mol. The number of fused-ring (bicyclic) bond motifs is 1. The largest absolute Gasteiger partial charge is 0.393 e. The van der Waals surface area contributed by atoms with Gasteiger partial charge in [0.2, 0.25) is 0 Å². The van der Waals surface area contributed by atoms with E-state index in [1.54, 1.807) is 0 Å². The Hall–Kier alpha value is -0.630. The lowest BCUT2D eigenvalue weighted by Crippen LogP contribution is -2.37. The second-order valence-corrected chi connectivity index (χ2v) is 6.10. The van der Waals surface area contributed by atoms with Gasteiger partial charge in [0, 0.05) is 18.3 Å². The van der Waals surface area contributed by atoms with Crippen LogP contribution >= 0.6 is 0 Å². The van der Waals surface area contributed by atoms with Crippen LogP contribution in [0.3, 0.4) is 0 Å². The second kappa shape index (κ2) is 3.43. The van der Waals surface area contributed by atoms with Crippen LogP contribution in [0.4, 0.5) is 0 Å². The lowest BCUT2D eigenvalue weighted by molar-refractivity contribution is -0.119. The standard InChI is InChI=1S/C14H20O2/c1-14-8-9-2-4-12(15)7-10(9)6-11(14)3-5-13(14)16/h11,13,16H,2-8H2,1H3/t11-,13-,14-/m0/s1. The Morgan fingerprint density at radius 2 is 2.06 bits per heavy atom. The highest BCUT2D eigenvalue weighted by Gasteiger charge is 2.49. The van der Waals surface area contributed by atoms with E-state index in [0.29, 0.717) is 18.1 Å². The monoisotopic (exact) mass is 220 g/mol. The molecule has 2 heteroatoms. The third-order valence-corrected chi connectivity index (χ3v) is 5.19. The molecular weight excluding hydrogens is 200 g/mol. The summed E-state index contributed by atoms with van der Waals surface area (Å²) in [4.78, 5) is 11.5. The molecule has 0 bridgehead atoms. The van der Waals surface area contributed by atoms with Gasteiger partial charge in [-0.2, -0.15) is 0 Å². The summed E-state index contributed by atoms with van der Waals surface area (Å²) in [7, 11) is 0. The van der Waals surface area contributed by atoms with Gasteiger partial charge in [-0.15, -0.1) is 0 Å². The van der Waals surface area contributed by atoms with Gasteiger partial charge in [-0.1, -0.05) is 18.1 Å². The van der Waals surface area contributed by atoms with E-state index in [2.05, 4.69) is 6.92 Å². The molecule has 0 aliphatic heterocycles. The first-order valence-corrected chi connectivity index (χ1v) is 6.49. The number of carbonyl (C=O) groups excluding carboxylic acids is 1. The smallest absolute Gasteiger partial charge is 0.137 e. The van der Waals surface area contributed by atoms with Gasteiger partial charge in [0.1, 0.15) is 5.78 Å². The maximum Gasteiger partial charge on any atom is 0.137 e. The molecule has 0 radical (unpaired) electrons. The first kappa shape index (κ1) is 10.5. The van der Waals surface area contributed by atoms with Crippen LogP contribution in [0.5, 0.6) is 0 Å². The van der Waals surface area contributed by atoms with Gasteiger partial charge in [0.05, 0.1) is 6.10 Å². The van der Waals surface area contributed by atoms with Crippen molar-refractivity contribution in [3.63, 3.8) is 0 Å². The normalized spacial score (nSPS) is 43.2. The number of carbonyl (C=O) groups is 1. The molecule has 3 aliphatic rings. The van der Waals surface area contributed by atoms with Crippen LogP contribution in [-0.2, 0) is 4.79 Å². The van der Waals surface area contributed by atoms with Gasteiger partial charge < -0.3 is 5.11 Å². The van der Waals surface area contributed by atoms with E-state index in [-0.39, 0.29) is 11.5 Å². The maximum absolute atomic E-state index is 11.5. The van der Waals surface area contributed by atoms with E-state index in [1.165, 1.54) is 11.1 Å². The number of aliphatic hydroxyl groups is 1. The number of aliphatic hydroxyl groups excluding tert-OH is 1. The highest BCUT2D eigenvalue weighted by Crippen LogP contribution is 2.55. The summed E-state index contributed by atoms with van der Waals surface area (Å²) >= 11 is 0. The van der Waals surface area contributed by atoms with Gasteiger partial charge in [-0.3, -0.25) is 4.79 Å². The summed E-state index contributed by atoms with van der Waals surface area (Å²) in [6.45, 7) is 2.25. The number of Topliss-reactive ketones (excluding diaryl/α,β-unsaturated/α-hetero) is 1. The van der Waals surface area contributed by atoms with Crippen molar-refractivity contribution >= 4 is 5.78 Å². The fourth-order valence-electron chi connectivity index (χ4n) is 3.99. The highest BCUT2D eigenvalue weighted by molar-refractivity contribution is 5.82. The quantitative estimate of drug-likeness (QED) is 0.637. The topological polar surface area (TPSA) is 37.3 Å². The fraction of sp³-hybridized carbons (Fsp3) is 0.786. The predicted octanol–water partition coefficient (Wildman–Crippen LogP) is 2.61. The zero-order valence-corrected chi connectivity index (χ0v) is 9.96. The molecule has 3 aliphatic carbocycles. The van der Waals surface area contributed by atoms with Crippen molar-refractivity contribution in [1.82, 2.24) is 0 Å². The van der Waals surface area contributed by atoms with Gasteiger partial charge in [0.15, 0.2) is 0 Å². The summed E-state index contributed by atoms with van der Waals surface area (Å²) in [6.07, 6.45) is 6.50. The van der Waals surface area contributed by atoms with E-state index < -0.39 is 0 Å². The lowest BCUT2D eigenvalue weighted by Gasteiger charge is -2.42. The molecule has 0 spiro atoms. The van der Waals surface area contributed by atoms with Crippen LogP contribution in [0.25, 0.3) is 0 Å². The predicted molar refractivity (Wildman–Crippen MR) is 62.0 cm³/mol. The van der Waals surface area contributed by atoms with Crippen molar-refractivity contribution in [2.45, 2.75) is 58.0 Å². The van der Waals surface area contributed by atoms with Crippen LogP contribution in [0, 0.1) is 11.3 Å². The SMILES string of the molecule is C[C@]12CC3=C(CC(=O)CC3)C[C@@H]1CC[C@@H]2O. The molecule has 0 saturated heterocycles. The Bertz CT molecular complexity index is 369. The van der Waals surface area contributed by atoms with E-state index in [4.69, 9.17) is 0 Å². The number of hydrogen-bond acceptors (Lipinski definition) is 2. The Labute approximate surface area is 96.7 Å². The molecule has 3 atom stereocenters. The van der Waals surface area contributed by atoms with Crippen molar-refractivity contribution in [3.05, 3.63) is 11.1 Å². The zero-order valence-electron chi connectivity index (χ0n) is 9.96. The van der Waals surface area contributed by atoms with Crippen molar-refractivity contribution in [2.75, 3.05) is 0 Å². The van der Waals surface area contributed by atoms with Gasteiger partial charge in [-0.25, -0.2) is 0 Å². The summed E-state index contributed by atoms with van der Waals surface area (Å²) in [5.41, 5.74) is 3.03. The van der Waals surface area contributed by atoms with E-state index in [9.17, 15) is 9.90 Å². The molecule has 0 aromatic heterocycles. The molecule has 0 aromatic rings. The first-order chi connectivity index (χ1) is 7.59. The van der Waals surface area contributed by atoms with Crippen LogP contribution < -0.4 is 0 Å². The van der Waals surface area contributed by atoms with Crippen molar-refractivity contribution in [1.29, 1.82) is 0 Å². The van der Waals surface area contributed by atoms with Crippen molar-refractivity contribution in [3.8, 4) is 0 Å². The first-order valence-electron chi connectivity index (χ1n) is 6.49. The van der Waals surface area contributed by atoms with E-state index >= 15 is 0 Å². The fourth-order valence-corrected chi connectivity index (χ4v) is 3.99. The lowest BCUT2D eigenvalue weighted by atomic mass is 9.64. The van der Waals surface area contributed by atoms with Crippen LogP contribution in [-0.4, -0.2) is 17.0 Å². The Kier molecular flexibility index (Phi) is 2.25. The van der Waals surface area contributed by atoms with E-state index in [1.807, 2.05) is 0 Å². The number of allylic oxidation sites excluding steroid dienone is 2. The van der Waals surface area contributed by atoms with Gasteiger partial charge in [0.25, 0.3) is 0 Å². The molecule has 1 fully saturated rings. The minimum Gasteiger partial charge on any atom is -0.393 e. The zero-order chi connectivity index (χ0) is 11.3. The maximum atomic E-state index is 11.5. The van der Waals surface area contributed by atoms with Crippen LogP contribution in [0.1, 0.15) is 51.9 Å². The molecule has 0 unspecified atom stereocenters. The van der Waals surface area contributed by atoms with Crippen LogP contribution in [0.15, 0.2) is 11.1 Å². The molecule has 0 amide bonds. The molecule has 88 valence electrons. The molecular formula is C14H20O2. The molecule has 1 saturated carbocycles. The van der Waals surface area contributed by atoms with E-state index in [0.717, 1.165) is 38.5 Å². The molecule has 3 rings (SSSR count). The Morgan fingerprint density at radius 3 is 2.88 bits per heavy atom. The van der Waals surface area contributed by atoms with Gasteiger partial charge >= 0.3 is 0 Å². The second-order valence-electron chi connectivity index (χ2n) is 6.10. The van der Waals surface area contributed by atoms with Gasteiger partial charge in [-0.05, 0) is 38.0 Å². The third kappa shape index (κ3) is 1.39. The van der Waals surface area contributed by atoms with Crippen molar-refractivity contribution in [2.24, 2.45) is 11.3 Å². The summed E-state index contributed by atoms with van der Waals surface area (Å²) < 4.78 is 0. The number of rotatable bonds is 0. The molecule has 16 heavy (non-hydrogen) atoms. The summed E-state index contributed by atoms with van der Waals surface area (Å²) in [5.74, 6) is 1.04. The van der Waals surface area contributed by atoms with Crippen molar-refractivity contribution < 1.29 is 9.90 Å². The third-order valence-electron chi connectivity index (χ3n) is 5.19. The molecule has 1 N–H and O–H groups in total. The highest BCUT2D eigenvalue weighted by atomic mass is 16.3. The number of hydrogen-bond donors (Lipinski definition) is 1. The minimum absolute atomic E-state index is 0.110. The Morgan fingerprint density at radius 1 is 1.25 bits per heavy atom. The molecule has 2 nitrogen and oxygen atoms in total. The Balaban J connectivity index is 1.91. The molecule has 0 aromatic carbocycles. The minimum atomic E-state index is -0.121. The number of ketones is 1. The average Bonchev–Trinajstić information content (AvgIpc) is 2.53. The summed E-state index contributed by atoms with van der Waals surface area (Å²) in [5, 5.41) is 10.1. The van der Waals surface area contributed by atoms with Crippen LogP contribution in [0.2, 0.25) is 0 Å². The summed E-state index contributed by atoms with van der Waals surface area (Å²) in [6, 6.07) is 0.